The van der Waals surface area contributed by atoms with E-state index in [2.05, 4.69) is 30.9 Å². The molecule has 0 aliphatic rings. The summed E-state index contributed by atoms with van der Waals surface area (Å²) in [5.74, 6) is 0.850. The van der Waals surface area contributed by atoms with Gasteiger partial charge >= 0.3 is 0 Å². The minimum absolute atomic E-state index is 0.328. The number of para-hydroxylation sites is 1. The quantitative estimate of drug-likeness (QED) is 0.752. The minimum atomic E-state index is -0.484. The monoisotopic (exact) mass is 333 g/mol. The van der Waals surface area contributed by atoms with Gasteiger partial charge in [0.25, 0.3) is 0 Å². The van der Waals surface area contributed by atoms with Crippen molar-refractivity contribution in [2.24, 2.45) is 0 Å². The van der Waals surface area contributed by atoms with Crippen LogP contribution >= 0.6 is 11.3 Å². The maximum Gasteiger partial charge on any atom is 0.122 e. The number of benzene rings is 1. The van der Waals surface area contributed by atoms with Gasteiger partial charge in [0.2, 0.25) is 0 Å². The Balaban J connectivity index is 1.85. The lowest BCUT2D eigenvalue weighted by Crippen LogP contribution is -2.35. The number of hydrogen-bond acceptors (Lipinski definition) is 4. The van der Waals surface area contributed by atoms with Crippen LogP contribution in [0.25, 0.3) is 0 Å². The predicted octanol–water partition coefficient (Wildman–Crippen LogP) is 4.02. The third kappa shape index (κ3) is 5.98. The zero-order valence-electron chi connectivity index (χ0n) is 14.3. The first-order valence-electron chi connectivity index (χ1n) is 8.22. The molecule has 23 heavy (non-hydrogen) atoms. The third-order valence-corrected chi connectivity index (χ3v) is 4.69. The van der Waals surface area contributed by atoms with E-state index in [4.69, 9.17) is 4.74 Å². The molecule has 1 aromatic carbocycles. The summed E-state index contributed by atoms with van der Waals surface area (Å²) in [6.45, 7) is 9.16. The molecule has 0 saturated carbocycles. The Hall–Kier alpha value is -1.36. The van der Waals surface area contributed by atoms with Gasteiger partial charge in [-0.15, -0.1) is 11.3 Å². The van der Waals surface area contributed by atoms with E-state index in [0.29, 0.717) is 13.2 Å². The zero-order chi connectivity index (χ0) is 16.7. The highest BCUT2D eigenvalue weighted by atomic mass is 32.1. The van der Waals surface area contributed by atoms with Crippen LogP contribution in [0.1, 0.15) is 28.7 Å². The molecule has 4 heteroatoms. The van der Waals surface area contributed by atoms with Crippen LogP contribution in [0.15, 0.2) is 36.4 Å². The van der Waals surface area contributed by atoms with Gasteiger partial charge in [-0.2, -0.15) is 0 Å². The molecule has 1 aromatic heterocycles. The molecular formula is C19H27NO2S. The van der Waals surface area contributed by atoms with Crippen molar-refractivity contribution in [2.45, 2.75) is 39.8 Å². The van der Waals surface area contributed by atoms with Gasteiger partial charge in [-0.3, -0.25) is 4.90 Å². The van der Waals surface area contributed by atoms with E-state index in [1.54, 1.807) is 0 Å². The average molecular weight is 333 g/mol. The molecular weight excluding hydrogens is 306 g/mol. The number of thiophene rings is 1. The van der Waals surface area contributed by atoms with E-state index in [9.17, 15) is 5.11 Å². The van der Waals surface area contributed by atoms with Crippen LogP contribution in [0, 0.1) is 13.8 Å². The van der Waals surface area contributed by atoms with Gasteiger partial charge in [-0.1, -0.05) is 25.1 Å². The molecule has 0 radical (unpaired) electrons. The van der Waals surface area contributed by atoms with Gasteiger partial charge in [0, 0.05) is 22.8 Å². The Labute approximate surface area is 143 Å². The first-order chi connectivity index (χ1) is 11.1. The molecule has 0 bridgehead atoms. The molecule has 0 aliphatic carbocycles. The lowest BCUT2D eigenvalue weighted by molar-refractivity contribution is 0.0657. The Bertz CT molecular complexity index is 597. The number of hydrogen-bond donors (Lipinski definition) is 1. The molecule has 0 aliphatic heterocycles. The summed E-state index contributed by atoms with van der Waals surface area (Å²) < 4.78 is 5.76. The van der Waals surface area contributed by atoms with Crippen LogP contribution < -0.4 is 4.74 Å². The van der Waals surface area contributed by atoms with Crippen molar-refractivity contribution in [3.8, 4) is 5.75 Å². The molecule has 0 fully saturated rings. The predicted molar refractivity (Wildman–Crippen MR) is 97.3 cm³/mol. The second-order valence-corrected chi connectivity index (χ2v) is 7.35. The van der Waals surface area contributed by atoms with Crippen LogP contribution in [-0.4, -0.2) is 35.8 Å². The Kier molecular flexibility index (Phi) is 7.09. The van der Waals surface area contributed by atoms with Crippen LogP contribution in [0.3, 0.4) is 0 Å². The van der Waals surface area contributed by atoms with Crippen LogP contribution in [0.5, 0.6) is 5.75 Å². The molecule has 0 spiro atoms. The fourth-order valence-electron chi connectivity index (χ4n) is 2.60. The Morgan fingerprint density at radius 3 is 2.61 bits per heavy atom. The summed E-state index contributed by atoms with van der Waals surface area (Å²) in [5, 5.41) is 10.3. The molecule has 1 atom stereocenters. The van der Waals surface area contributed by atoms with Gasteiger partial charge in [0.1, 0.15) is 18.5 Å². The molecule has 126 valence electrons. The van der Waals surface area contributed by atoms with Gasteiger partial charge in [-0.25, -0.2) is 0 Å². The van der Waals surface area contributed by atoms with E-state index in [-0.39, 0.29) is 0 Å². The summed E-state index contributed by atoms with van der Waals surface area (Å²) in [6.07, 6.45) is 0.595. The van der Waals surface area contributed by atoms with Crippen molar-refractivity contribution >= 4 is 11.3 Å². The summed E-state index contributed by atoms with van der Waals surface area (Å²) in [6, 6.07) is 12.2. The van der Waals surface area contributed by atoms with Crippen LogP contribution in [0.2, 0.25) is 0 Å². The van der Waals surface area contributed by atoms with Crippen LogP contribution in [-0.2, 0) is 6.54 Å². The minimum Gasteiger partial charge on any atom is -0.491 e. The smallest absolute Gasteiger partial charge is 0.122 e. The fraction of sp³-hybridized carbons (Fsp3) is 0.474. The summed E-state index contributed by atoms with van der Waals surface area (Å²) >= 11 is 1.83. The number of ether oxygens (including phenoxy) is 1. The first kappa shape index (κ1) is 18.0. The van der Waals surface area contributed by atoms with Crippen molar-refractivity contribution in [2.75, 3.05) is 19.7 Å². The molecule has 0 saturated heterocycles. The van der Waals surface area contributed by atoms with Gasteiger partial charge in [0.15, 0.2) is 0 Å². The lowest BCUT2D eigenvalue weighted by atomic mass is 10.2. The fourth-order valence-corrected chi connectivity index (χ4v) is 3.53. The third-order valence-electron chi connectivity index (χ3n) is 3.71. The molecule has 0 amide bonds. The number of aliphatic hydroxyl groups is 1. The number of nitrogens with zero attached hydrogens (tertiary/aromatic N) is 1. The standard InChI is InChI=1S/C19H27NO2S/c1-4-11-20(13-18-10-9-16(3)23-18)12-17(21)14-22-19-8-6-5-7-15(19)2/h5-10,17,21H,4,11-14H2,1-3H3/t17-/m0/s1. The highest BCUT2D eigenvalue weighted by Gasteiger charge is 2.13. The van der Waals surface area contributed by atoms with E-state index >= 15 is 0 Å². The van der Waals surface area contributed by atoms with E-state index in [1.165, 1.54) is 9.75 Å². The van der Waals surface area contributed by atoms with Gasteiger partial charge < -0.3 is 9.84 Å². The van der Waals surface area contributed by atoms with Gasteiger partial charge in [0.05, 0.1) is 0 Å². The molecule has 2 rings (SSSR count). The number of rotatable bonds is 9. The van der Waals surface area contributed by atoms with Gasteiger partial charge in [-0.05, 0) is 50.6 Å². The Morgan fingerprint density at radius 2 is 1.96 bits per heavy atom. The second kappa shape index (κ2) is 9.06. The van der Waals surface area contributed by atoms with Crippen molar-refractivity contribution < 1.29 is 9.84 Å². The van der Waals surface area contributed by atoms with E-state index in [1.807, 2.05) is 42.5 Å². The van der Waals surface area contributed by atoms with E-state index < -0.39 is 6.10 Å². The highest BCUT2D eigenvalue weighted by Crippen LogP contribution is 2.18. The lowest BCUT2D eigenvalue weighted by Gasteiger charge is -2.24. The second-order valence-electron chi connectivity index (χ2n) is 5.98. The van der Waals surface area contributed by atoms with Crippen molar-refractivity contribution in [3.63, 3.8) is 0 Å². The number of aryl methyl sites for hydroxylation is 2. The molecule has 3 nitrogen and oxygen atoms in total. The maximum atomic E-state index is 10.3. The first-order valence-corrected chi connectivity index (χ1v) is 9.04. The maximum absolute atomic E-state index is 10.3. The van der Waals surface area contributed by atoms with Crippen molar-refractivity contribution in [1.29, 1.82) is 0 Å². The topological polar surface area (TPSA) is 32.7 Å². The summed E-state index contributed by atoms with van der Waals surface area (Å²) in [7, 11) is 0. The highest BCUT2D eigenvalue weighted by molar-refractivity contribution is 7.11. The average Bonchev–Trinajstić information content (AvgIpc) is 2.92. The summed E-state index contributed by atoms with van der Waals surface area (Å²) in [5.41, 5.74) is 1.10. The molecule has 0 unspecified atom stereocenters. The summed E-state index contributed by atoms with van der Waals surface area (Å²) in [4.78, 5) is 4.99. The molecule has 1 N–H and O–H groups in total. The van der Waals surface area contributed by atoms with Crippen molar-refractivity contribution in [3.05, 3.63) is 51.7 Å². The largest absolute Gasteiger partial charge is 0.491 e. The molecule has 2 aromatic rings. The Morgan fingerprint density at radius 1 is 1.17 bits per heavy atom. The van der Waals surface area contributed by atoms with Crippen LogP contribution in [0.4, 0.5) is 0 Å². The zero-order valence-corrected chi connectivity index (χ0v) is 15.1. The van der Waals surface area contributed by atoms with Crippen molar-refractivity contribution in [1.82, 2.24) is 4.90 Å². The number of aliphatic hydroxyl groups excluding tert-OH is 1. The normalized spacial score (nSPS) is 12.6. The van der Waals surface area contributed by atoms with E-state index in [0.717, 1.165) is 30.8 Å². The SMILES string of the molecule is CCCN(Cc1ccc(C)s1)C[C@H](O)COc1ccccc1C. The molecule has 1 heterocycles.